The number of ether oxygens (including phenoxy) is 2. The van der Waals surface area contributed by atoms with Crippen LogP contribution in [0.1, 0.15) is 43.6 Å². The van der Waals surface area contributed by atoms with Crippen LogP contribution in [0.2, 0.25) is 0 Å². The zero-order valence-corrected chi connectivity index (χ0v) is 19.3. The van der Waals surface area contributed by atoms with Gasteiger partial charge in [-0.1, -0.05) is 11.2 Å². The van der Waals surface area contributed by atoms with Gasteiger partial charge >= 0.3 is 12.0 Å². The first-order valence-corrected chi connectivity index (χ1v) is 11.6. The number of anilines is 2. The molecule has 1 aliphatic rings. The first-order chi connectivity index (χ1) is 17.1. The number of methoxy groups -OCH3 is 1. The molecule has 182 valence electrons. The Balaban J connectivity index is 1.21. The molecule has 4 aromatic rings. The van der Waals surface area contributed by atoms with Crippen LogP contribution in [0.4, 0.5) is 16.1 Å². The van der Waals surface area contributed by atoms with E-state index in [4.69, 9.17) is 9.15 Å². The Hall–Kier alpha value is -3.79. The Morgan fingerprint density at radius 1 is 1.14 bits per heavy atom. The van der Waals surface area contributed by atoms with E-state index in [1.165, 1.54) is 24.8 Å². The molecule has 2 heterocycles. The lowest BCUT2D eigenvalue weighted by Crippen LogP contribution is -2.22. The van der Waals surface area contributed by atoms with Gasteiger partial charge in [0.05, 0.1) is 37.3 Å². The third kappa shape index (κ3) is 5.48. The van der Waals surface area contributed by atoms with E-state index in [9.17, 15) is 9.18 Å². The summed E-state index contributed by atoms with van der Waals surface area (Å²) in [5.74, 6) is 0.623. The van der Waals surface area contributed by atoms with Crippen molar-refractivity contribution in [2.75, 3.05) is 19.0 Å². The summed E-state index contributed by atoms with van der Waals surface area (Å²) in [6.45, 7) is 0.404. The topological polar surface area (TPSA) is 115 Å². The highest BCUT2D eigenvalue weighted by molar-refractivity contribution is 5.79. The number of aromatic amines is 1. The number of carbonyl (C=O) groups excluding carboxylic acids is 1. The monoisotopic (exact) mass is 479 g/mol. The molecular formula is C25H26FN5O4. The number of esters is 1. The summed E-state index contributed by atoms with van der Waals surface area (Å²) in [5.41, 5.74) is 3.60. The van der Waals surface area contributed by atoms with Crippen molar-refractivity contribution >= 4 is 28.7 Å². The minimum Gasteiger partial charge on any atom is -0.469 e. The molecule has 5 rings (SSSR count). The fraction of sp³-hybridized carbons (Fsp3) is 0.360. The molecule has 9 nitrogen and oxygen atoms in total. The Bertz CT molecular complexity index is 1290. The molecule has 1 saturated carbocycles. The van der Waals surface area contributed by atoms with E-state index < -0.39 is 0 Å². The Morgan fingerprint density at radius 2 is 1.94 bits per heavy atom. The summed E-state index contributed by atoms with van der Waals surface area (Å²) in [5, 5.41) is 11.0. The standard InChI is InChI=1S/C25H26FN5O4/c1-33-22(32)12-13-34-19-9-2-15(3-10-19)16-4-11-20-21(14-16)29-23(28-20)24-30-31-25(35-24)27-18-7-5-17(26)6-8-18/h4-8,11,14-15,19H,2-3,9-10,12-13H2,1H3,(H,27,31)(H,28,29)/t15-,19-. The molecule has 0 bridgehead atoms. The number of benzene rings is 2. The minimum absolute atomic E-state index is 0.187. The maximum atomic E-state index is 13.1. The van der Waals surface area contributed by atoms with Crippen LogP contribution in [0.25, 0.3) is 22.7 Å². The van der Waals surface area contributed by atoms with Gasteiger partial charge in [0, 0.05) is 5.69 Å². The van der Waals surface area contributed by atoms with Crippen LogP contribution < -0.4 is 5.32 Å². The summed E-state index contributed by atoms with van der Waals surface area (Å²) in [7, 11) is 1.39. The maximum Gasteiger partial charge on any atom is 0.320 e. The minimum atomic E-state index is -0.319. The Morgan fingerprint density at radius 3 is 2.71 bits per heavy atom. The average molecular weight is 480 g/mol. The first-order valence-electron chi connectivity index (χ1n) is 11.6. The molecule has 0 amide bonds. The van der Waals surface area contributed by atoms with Gasteiger partial charge in [-0.05, 0) is 73.6 Å². The Labute approximate surface area is 201 Å². The second-order valence-corrected chi connectivity index (χ2v) is 8.58. The summed E-state index contributed by atoms with van der Waals surface area (Å²) in [6.07, 6.45) is 4.44. The molecule has 10 heteroatoms. The number of hydrogen-bond acceptors (Lipinski definition) is 8. The number of nitrogens with zero attached hydrogens (tertiary/aromatic N) is 3. The number of H-pyrrole nitrogens is 1. The number of hydrogen-bond donors (Lipinski definition) is 2. The van der Waals surface area contributed by atoms with Crippen LogP contribution in [0.15, 0.2) is 46.9 Å². The highest BCUT2D eigenvalue weighted by atomic mass is 19.1. The molecule has 1 aliphatic carbocycles. The summed E-state index contributed by atoms with van der Waals surface area (Å²) in [6, 6.07) is 12.3. The van der Waals surface area contributed by atoms with Gasteiger partial charge in [-0.2, -0.15) is 0 Å². The third-order valence-electron chi connectivity index (χ3n) is 6.26. The van der Waals surface area contributed by atoms with Crippen molar-refractivity contribution in [2.45, 2.75) is 44.1 Å². The quantitative estimate of drug-likeness (QED) is 0.335. The zero-order valence-electron chi connectivity index (χ0n) is 19.3. The second kappa shape index (κ2) is 10.2. The van der Waals surface area contributed by atoms with E-state index in [1.807, 2.05) is 6.07 Å². The molecule has 0 saturated heterocycles. The van der Waals surface area contributed by atoms with E-state index in [2.05, 4.69) is 42.4 Å². The zero-order chi connectivity index (χ0) is 24.2. The normalized spacial score (nSPS) is 18.0. The van der Waals surface area contributed by atoms with Crippen LogP contribution in [0.5, 0.6) is 0 Å². The maximum absolute atomic E-state index is 13.1. The molecule has 0 aliphatic heterocycles. The predicted octanol–water partition coefficient (Wildman–Crippen LogP) is 5.10. The van der Waals surface area contributed by atoms with Gasteiger partial charge in [0.25, 0.3) is 5.89 Å². The highest BCUT2D eigenvalue weighted by Crippen LogP contribution is 2.35. The number of aromatic nitrogens is 4. The van der Waals surface area contributed by atoms with E-state index in [1.54, 1.807) is 12.1 Å². The highest BCUT2D eigenvalue weighted by Gasteiger charge is 2.24. The van der Waals surface area contributed by atoms with E-state index in [0.717, 1.165) is 36.7 Å². The van der Waals surface area contributed by atoms with Crippen LogP contribution >= 0.6 is 0 Å². The molecule has 35 heavy (non-hydrogen) atoms. The van der Waals surface area contributed by atoms with Gasteiger partial charge in [-0.15, -0.1) is 5.10 Å². The van der Waals surface area contributed by atoms with Gasteiger partial charge in [-0.3, -0.25) is 4.79 Å². The SMILES string of the molecule is COC(=O)CCO[C@H]1CC[C@H](c2ccc3[nH]c(-c4nnc(Nc5ccc(F)cc5)o4)nc3c2)CC1. The second-order valence-electron chi connectivity index (χ2n) is 8.58. The van der Waals surface area contributed by atoms with E-state index >= 15 is 0 Å². The van der Waals surface area contributed by atoms with E-state index in [0.29, 0.717) is 30.5 Å². The van der Waals surface area contributed by atoms with Crippen LogP contribution in [0, 0.1) is 5.82 Å². The molecule has 0 radical (unpaired) electrons. The van der Waals surface area contributed by atoms with Crippen molar-refractivity contribution in [3.8, 4) is 11.7 Å². The number of imidazole rings is 1. The van der Waals surface area contributed by atoms with Crippen molar-refractivity contribution in [1.29, 1.82) is 0 Å². The molecule has 0 unspecified atom stereocenters. The fourth-order valence-electron chi connectivity index (χ4n) is 4.38. The first kappa shape index (κ1) is 23.0. The molecular weight excluding hydrogens is 453 g/mol. The van der Waals surface area contributed by atoms with Gasteiger partial charge in [0.2, 0.25) is 0 Å². The van der Waals surface area contributed by atoms with E-state index in [-0.39, 0.29) is 29.8 Å². The van der Waals surface area contributed by atoms with Gasteiger partial charge in [-0.25, -0.2) is 9.37 Å². The summed E-state index contributed by atoms with van der Waals surface area (Å²) < 4.78 is 29.3. The average Bonchev–Trinajstić information content (AvgIpc) is 3.52. The molecule has 2 aromatic carbocycles. The number of carbonyl (C=O) groups is 1. The van der Waals surface area contributed by atoms with Crippen LogP contribution in [0.3, 0.4) is 0 Å². The number of halogens is 1. The number of fused-ring (bicyclic) bond motifs is 1. The lowest BCUT2D eigenvalue weighted by Gasteiger charge is -2.28. The largest absolute Gasteiger partial charge is 0.469 e. The molecule has 0 spiro atoms. The number of nitrogens with one attached hydrogen (secondary N) is 2. The van der Waals surface area contributed by atoms with Gasteiger partial charge in [0.1, 0.15) is 5.82 Å². The third-order valence-corrected chi connectivity index (χ3v) is 6.26. The van der Waals surface area contributed by atoms with Gasteiger partial charge < -0.3 is 24.2 Å². The van der Waals surface area contributed by atoms with Crippen molar-refractivity contribution in [3.63, 3.8) is 0 Å². The number of rotatable bonds is 8. The van der Waals surface area contributed by atoms with Crippen LogP contribution in [-0.2, 0) is 14.3 Å². The summed E-state index contributed by atoms with van der Waals surface area (Å²) in [4.78, 5) is 19.1. The van der Waals surface area contributed by atoms with Crippen molar-refractivity contribution in [2.24, 2.45) is 0 Å². The molecule has 2 aromatic heterocycles. The van der Waals surface area contributed by atoms with Crippen molar-refractivity contribution < 1.29 is 23.1 Å². The molecule has 0 atom stereocenters. The Kier molecular flexibility index (Phi) is 6.71. The molecule has 2 N–H and O–H groups in total. The lowest BCUT2D eigenvalue weighted by atomic mass is 9.82. The molecule has 1 fully saturated rings. The fourth-order valence-corrected chi connectivity index (χ4v) is 4.38. The van der Waals surface area contributed by atoms with Gasteiger partial charge in [0.15, 0.2) is 5.82 Å². The predicted molar refractivity (Wildman–Crippen MR) is 127 cm³/mol. The lowest BCUT2D eigenvalue weighted by molar-refractivity contribution is -0.142. The van der Waals surface area contributed by atoms with Crippen LogP contribution in [-0.4, -0.2) is 46.0 Å². The smallest absolute Gasteiger partial charge is 0.320 e. The summed E-state index contributed by atoms with van der Waals surface area (Å²) >= 11 is 0. The van der Waals surface area contributed by atoms with Crippen molar-refractivity contribution in [1.82, 2.24) is 20.2 Å². The van der Waals surface area contributed by atoms with Crippen molar-refractivity contribution in [3.05, 3.63) is 53.8 Å².